The lowest BCUT2D eigenvalue weighted by molar-refractivity contribution is -0.000186. The minimum Gasteiger partial charge on any atom is -0.368 e. The Labute approximate surface area is 158 Å². The van der Waals surface area contributed by atoms with Gasteiger partial charge in [-0.3, -0.25) is 9.29 Å². The maximum atomic E-state index is 6.02. The fourth-order valence-electron chi connectivity index (χ4n) is 3.04. The second kappa shape index (κ2) is 9.94. The van der Waals surface area contributed by atoms with Gasteiger partial charge in [-0.1, -0.05) is 23.9 Å². The van der Waals surface area contributed by atoms with Crippen molar-refractivity contribution in [2.24, 2.45) is 0 Å². The van der Waals surface area contributed by atoms with Gasteiger partial charge in [0.25, 0.3) is 5.89 Å². The molecule has 1 atom stereocenters. The fourth-order valence-corrected chi connectivity index (χ4v) is 5.10. The summed E-state index contributed by atoms with van der Waals surface area (Å²) < 4.78 is 13.9. The normalized spacial score (nSPS) is 17.6. The van der Waals surface area contributed by atoms with Crippen molar-refractivity contribution < 1.29 is 9.26 Å². The lowest BCUT2D eigenvalue weighted by Crippen LogP contribution is -2.34. The molecule has 1 saturated heterocycles. The van der Waals surface area contributed by atoms with Crippen molar-refractivity contribution in [2.75, 3.05) is 18.8 Å². The summed E-state index contributed by atoms with van der Waals surface area (Å²) in [5, 5.41) is 6.39. The highest BCUT2D eigenvalue weighted by molar-refractivity contribution is 8.12. The number of aromatic nitrogens is 3. The maximum Gasteiger partial charge on any atom is 0.252 e. The van der Waals surface area contributed by atoms with Crippen LogP contribution in [-0.2, 0) is 11.3 Å². The summed E-state index contributed by atoms with van der Waals surface area (Å²) in [6.45, 7) is 7.04. The fraction of sp³-hybridized carbons (Fsp3) is 0.579. The largest absolute Gasteiger partial charge is 0.368 e. The van der Waals surface area contributed by atoms with Crippen molar-refractivity contribution in [1.82, 2.24) is 19.4 Å². The molecule has 1 aliphatic heterocycles. The molecule has 2 aromatic heterocycles. The number of hydrogen-bond donors (Lipinski definition) is 0. The third kappa shape index (κ3) is 5.22. The van der Waals surface area contributed by atoms with Gasteiger partial charge in [0.05, 0.1) is 6.10 Å². The smallest absolute Gasteiger partial charge is 0.252 e. The van der Waals surface area contributed by atoms with E-state index in [-0.39, 0.29) is 6.10 Å². The highest BCUT2D eigenvalue weighted by atomic mass is 32.2. The Bertz CT molecular complexity index is 697. The summed E-state index contributed by atoms with van der Waals surface area (Å²) in [4.78, 5) is 8.41. The minimum atomic E-state index is 0.274. The molecule has 1 fully saturated rings. The van der Waals surface area contributed by atoms with Gasteiger partial charge in [0.15, 0.2) is 0 Å². The summed E-state index contributed by atoms with van der Waals surface area (Å²) in [5.41, 5.74) is 0.901. The molecule has 0 bridgehead atoms. The number of pyridine rings is 1. The number of piperidine rings is 1. The quantitative estimate of drug-likeness (QED) is 0.651. The minimum absolute atomic E-state index is 0.274. The van der Waals surface area contributed by atoms with Crippen LogP contribution in [0, 0.1) is 0 Å². The van der Waals surface area contributed by atoms with Crippen LogP contribution in [0.1, 0.15) is 45.4 Å². The summed E-state index contributed by atoms with van der Waals surface area (Å²) in [5.74, 6) is 2.40. The Morgan fingerprint density at radius 1 is 1.31 bits per heavy atom. The summed E-state index contributed by atoms with van der Waals surface area (Å²) in [6.07, 6.45) is 8.42. The van der Waals surface area contributed by atoms with Crippen LogP contribution in [0.15, 0.2) is 29.0 Å². The number of rotatable bonds is 8. The number of ether oxygens (including phenoxy) is 1. The van der Waals surface area contributed by atoms with Crippen LogP contribution < -0.4 is 0 Å². The van der Waals surface area contributed by atoms with E-state index in [1.165, 1.54) is 18.6 Å². The van der Waals surface area contributed by atoms with Crippen LogP contribution in [0.5, 0.6) is 0 Å². The van der Waals surface area contributed by atoms with Gasteiger partial charge < -0.3 is 9.26 Å². The van der Waals surface area contributed by atoms with Gasteiger partial charge in [0.1, 0.15) is 6.61 Å². The second-order valence-electron chi connectivity index (χ2n) is 6.38. The topological polar surface area (TPSA) is 64.3 Å². The van der Waals surface area contributed by atoms with E-state index in [1.807, 2.05) is 12.1 Å². The molecule has 6 nitrogen and oxygen atoms in total. The molecule has 0 radical (unpaired) electrons. The maximum absolute atomic E-state index is 6.02. The molecule has 0 aliphatic carbocycles. The van der Waals surface area contributed by atoms with E-state index in [1.54, 1.807) is 12.4 Å². The third-order valence-corrected chi connectivity index (χ3v) is 6.84. The van der Waals surface area contributed by atoms with Gasteiger partial charge in [0, 0.05) is 36.8 Å². The highest BCUT2D eigenvalue weighted by Gasteiger charge is 2.22. The van der Waals surface area contributed by atoms with E-state index in [2.05, 4.69) is 38.6 Å². The zero-order valence-electron chi connectivity index (χ0n) is 15.6. The Kier molecular flexibility index (Phi) is 7.34. The zero-order chi connectivity index (χ0) is 18.2. The van der Waals surface area contributed by atoms with Crippen molar-refractivity contribution in [3.8, 4) is 11.4 Å². The van der Waals surface area contributed by atoms with Crippen molar-refractivity contribution in [2.45, 2.75) is 52.2 Å². The van der Waals surface area contributed by atoms with E-state index < -0.39 is 0 Å². The van der Waals surface area contributed by atoms with Crippen LogP contribution in [-0.4, -0.2) is 49.7 Å². The predicted molar refractivity (Wildman–Crippen MR) is 106 cm³/mol. The highest BCUT2D eigenvalue weighted by Crippen LogP contribution is 2.27. The Morgan fingerprint density at radius 2 is 2.08 bits per heavy atom. The van der Waals surface area contributed by atoms with Crippen LogP contribution in [0.2, 0.25) is 0 Å². The first-order valence-corrected chi connectivity index (χ1v) is 10.8. The summed E-state index contributed by atoms with van der Waals surface area (Å²) in [7, 11) is 0.316. The molecule has 7 heteroatoms. The molecule has 0 saturated carbocycles. The molecule has 142 valence electrons. The molecule has 2 aromatic rings. The van der Waals surface area contributed by atoms with Crippen molar-refractivity contribution >= 4 is 16.0 Å². The van der Waals surface area contributed by atoms with E-state index >= 15 is 0 Å². The Morgan fingerprint density at radius 3 is 2.77 bits per heavy atom. The molecule has 3 heterocycles. The lowest BCUT2D eigenvalue weighted by atomic mass is 10.1. The van der Waals surface area contributed by atoms with E-state index in [9.17, 15) is 0 Å². The number of unbranched alkanes of at least 4 members (excludes halogenated alkanes) is 1. The van der Waals surface area contributed by atoms with Gasteiger partial charge >= 0.3 is 0 Å². The lowest BCUT2D eigenvalue weighted by Gasteiger charge is -2.33. The SMILES string of the molecule is C/C=S(\CCCC)N1CCC(OCc2nc(-c3ccncc3)no2)CC1. The second-order valence-corrected chi connectivity index (χ2v) is 8.58. The van der Waals surface area contributed by atoms with Gasteiger partial charge in [-0.05, 0) is 38.3 Å². The number of hydrogen-bond acceptors (Lipinski definition) is 6. The third-order valence-electron chi connectivity index (χ3n) is 4.56. The van der Waals surface area contributed by atoms with Crippen LogP contribution in [0.4, 0.5) is 0 Å². The van der Waals surface area contributed by atoms with E-state index in [0.29, 0.717) is 29.0 Å². The monoisotopic (exact) mass is 376 g/mol. The Balaban J connectivity index is 1.45. The van der Waals surface area contributed by atoms with Crippen molar-refractivity contribution in [3.05, 3.63) is 30.4 Å². The average molecular weight is 377 g/mol. The van der Waals surface area contributed by atoms with Crippen LogP contribution in [0.3, 0.4) is 0 Å². The number of nitrogens with zero attached hydrogens (tertiary/aromatic N) is 4. The average Bonchev–Trinajstić information content (AvgIpc) is 3.18. The molecule has 1 aliphatic rings. The zero-order valence-corrected chi connectivity index (χ0v) is 16.5. The molecule has 0 spiro atoms. The molecule has 26 heavy (non-hydrogen) atoms. The van der Waals surface area contributed by atoms with E-state index in [4.69, 9.17) is 9.26 Å². The van der Waals surface area contributed by atoms with E-state index in [0.717, 1.165) is 31.5 Å². The molecule has 3 rings (SSSR count). The van der Waals surface area contributed by atoms with Crippen LogP contribution in [0.25, 0.3) is 11.4 Å². The van der Waals surface area contributed by atoms with Gasteiger partial charge in [0.2, 0.25) is 5.82 Å². The molecular weight excluding hydrogens is 348 g/mol. The van der Waals surface area contributed by atoms with Gasteiger partial charge in [-0.2, -0.15) is 4.98 Å². The van der Waals surface area contributed by atoms with Crippen molar-refractivity contribution in [3.63, 3.8) is 0 Å². The molecule has 0 aromatic carbocycles. The first kappa shape index (κ1) is 19.2. The predicted octanol–water partition coefficient (Wildman–Crippen LogP) is 3.92. The standard InChI is InChI=1S/C19H28N4O2S/c1-3-5-14-26(4-2)23-12-8-17(9-13-23)24-15-18-21-19(22-25-18)16-6-10-20-11-7-16/h4,6-7,10-11,17H,3,5,8-9,12-15H2,1-2H3. The molecule has 0 N–H and O–H groups in total. The summed E-state index contributed by atoms with van der Waals surface area (Å²) in [6, 6.07) is 3.73. The summed E-state index contributed by atoms with van der Waals surface area (Å²) >= 11 is 0. The molecular formula is C19H28N4O2S. The first-order chi connectivity index (χ1) is 12.8. The first-order valence-electron chi connectivity index (χ1n) is 9.39. The van der Waals surface area contributed by atoms with Gasteiger partial charge in [-0.25, -0.2) is 0 Å². The van der Waals surface area contributed by atoms with Crippen molar-refractivity contribution in [1.29, 1.82) is 0 Å². The van der Waals surface area contributed by atoms with Gasteiger partial charge in [-0.15, -0.1) is 10.7 Å². The molecule has 1 unspecified atom stereocenters. The Hall–Kier alpha value is -1.57. The molecule has 0 amide bonds. The van der Waals surface area contributed by atoms with Crippen LogP contribution >= 0.6 is 10.7 Å².